The Labute approximate surface area is 158 Å². The molecule has 5 heteroatoms. The predicted octanol–water partition coefficient (Wildman–Crippen LogP) is 3.49. The summed E-state index contributed by atoms with van der Waals surface area (Å²) < 4.78 is 16.6. The van der Waals surface area contributed by atoms with E-state index < -0.39 is 6.10 Å². The van der Waals surface area contributed by atoms with Crippen LogP contribution in [0.25, 0.3) is 0 Å². The lowest BCUT2D eigenvalue weighted by Gasteiger charge is -2.53. The maximum Gasteiger partial charge on any atom is 0.161 e. The van der Waals surface area contributed by atoms with Crippen molar-refractivity contribution in [3.63, 3.8) is 0 Å². The molecule has 1 aromatic carbocycles. The second kappa shape index (κ2) is 9.07. The van der Waals surface area contributed by atoms with Gasteiger partial charge in [-0.25, -0.2) is 0 Å². The second-order valence-corrected chi connectivity index (χ2v) is 8.34. The lowest BCUT2D eigenvalue weighted by molar-refractivity contribution is -0.0608. The Morgan fingerprint density at radius 3 is 2.15 bits per heavy atom. The first-order valence-corrected chi connectivity index (χ1v) is 9.56. The largest absolute Gasteiger partial charge is 0.487 e. The average Bonchev–Trinajstić information content (AvgIpc) is 2.57. The molecule has 1 saturated heterocycles. The van der Waals surface area contributed by atoms with Crippen molar-refractivity contribution in [1.29, 1.82) is 0 Å². The van der Waals surface area contributed by atoms with Gasteiger partial charge < -0.3 is 19.3 Å². The quantitative estimate of drug-likeness (QED) is 0.679. The normalized spacial score (nSPS) is 20.5. The first-order chi connectivity index (χ1) is 12.3. The van der Waals surface area contributed by atoms with Gasteiger partial charge in [0.15, 0.2) is 11.5 Å². The number of piperidine rings is 1. The Morgan fingerprint density at radius 2 is 1.58 bits per heavy atom. The molecule has 0 saturated carbocycles. The molecule has 1 atom stereocenters. The summed E-state index contributed by atoms with van der Waals surface area (Å²) in [6, 6.07) is 7.55. The molecule has 0 spiro atoms. The Morgan fingerprint density at radius 1 is 1.00 bits per heavy atom. The topological polar surface area (TPSA) is 51.2 Å². The van der Waals surface area contributed by atoms with Crippen LogP contribution < -0.4 is 9.47 Å². The zero-order valence-electron chi connectivity index (χ0n) is 17.0. The lowest BCUT2D eigenvalue weighted by atomic mass is 9.79. The van der Waals surface area contributed by atoms with Crippen LogP contribution in [0.1, 0.15) is 47.0 Å². The number of aliphatic hydroxyl groups is 1. The highest BCUT2D eigenvalue weighted by Crippen LogP contribution is 2.38. The molecule has 1 aliphatic rings. The summed E-state index contributed by atoms with van der Waals surface area (Å²) in [4.78, 5) is 2.43. The molecule has 0 radical (unpaired) electrons. The number of rotatable bonds is 9. The van der Waals surface area contributed by atoms with Crippen LogP contribution in [0.4, 0.5) is 0 Å². The third kappa shape index (κ3) is 5.60. The van der Waals surface area contributed by atoms with E-state index in [1.807, 2.05) is 24.3 Å². The summed E-state index contributed by atoms with van der Waals surface area (Å²) in [7, 11) is 1.64. The summed E-state index contributed by atoms with van der Waals surface area (Å²) >= 11 is 0. The van der Waals surface area contributed by atoms with Gasteiger partial charge >= 0.3 is 0 Å². The minimum absolute atomic E-state index is 0.0872. The van der Waals surface area contributed by atoms with Gasteiger partial charge in [0.25, 0.3) is 0 Å². The van der Waals surface area contributed by atoms with Gasteiger partial charge in [-0.05, 0) is 59.1 Å². The van der Waals surface area contributed by atoms with E-state index in [2.05, 4.69) is 32.6 Å². The number of hydrogen-bond donors (Lipinski definition) is 1. The van der Waals surface area contributed by atoms with Gasteiger partial charge in [-0.1, -0.05) is 12.1 Å². The second-order valence-electron chi connectivity index (χ2n) is 8.34. The van der Waals surface area contributed by atoms with Crippen molar-refractivity contribution in [2.75, 3.05) is 33.5 Å². The van der Waals surface area contributed by atoms with E-state index in [0.717, 1.165) is 12.8 Å². The number of hydrogen-bond acceptors (Lipinski definition) is 5. The van der Waals surface area contributed by atoms with Crippen LogP contribution in [-0.2, 0) is 4.74 Å². The van der Waals surface area contributed by atoms with Crippen LogP contribution in [0.3, 0.4) is 0 Å². The maximum absolute atomic E-state index is 10.6. The molecule has 1 aliphatic heterocycles. The standard InChI is InChI=1S/C21H35NO4/c1-20(2)11-8-12-21(3,4)22(20)15-17(23)16-26-19-10-7-6-9-18(19)25-14-13-24-5/h6-7,9-10,17,23H,8,11-16H2,1-5H3. The van der Waals surface area contributed by atoms with Gasteiger partial charge in [0.1, 0.15) is 19.3 Å². The van der Waals surface area contributed by atoms with E-state index in [9.17, 15) is 5.11 Å². The summed E-state index contributed by atoms with van der Waals surface area (Å²) in [5.74, 6) is 1.33. The third-order valence-electron chi connectivity index (χ3n) is 5.26. The van der Waals surface area contributed by atoms with Crippen LogP contribution >= 0.6 is 0 Å². The Hall–Kier alpha value is -1.30. The van der Waals surface area contributed by atoms with Gasteiger partial charge in [0.05, 0.1) is 6.61 Å². The fraction of sp³-hybridized carbons (Fsp3) is 0.714. The van der Waals surface area contributed by atoms with E-state index in [4.69, 9.17) is 14.2 Å². The SMILES string of the molecule is COCCOc1ccccc1OCC(O)CN1C(C)(C)CCCC1(C)C. The van der Waals surface area contributed by atoms with Gasteiger partial charge in [-0.2, -0.15) is 0 Å². The number of methoxy groups -OCH3 is 1. The molecule has 0 bridgehead atoms. The van der Waals surface area contributed by atoms with E-state index in [-0.39, 0.29) is 17.7 Å². The molecule has 148 valence electrons. The number of benzene rings is 1. The third-order valence-corrected chi connectivity index (χ3v) is 5.26. The predicted molar refractivity (Wildman–Crippen MR) is 104 cm³/mol. The molecular formula is C21H35NO4. The van der Waals surface area contributed by atoms with Crippen LogP contribution in [0.5, 0.6) is 11.5 Å². The molecule has 2 rings (SSSR count). The first-order valence-electron chi connectivity index (χ1n) is 9.56. The Bertz CT molecular complexity index is 543. The van der Waals surface area contributed by atoms with Crippen LogP contribution in [0, 0.1) is 0 Å². The molecule has 0 aliphatic carbocycles. The molecule has 26 heavy (non-hydrogen) atoms. The molecular weight excluding hydrogens is 330 g/mol. The Kier molecular flexibility index (Phi) is 7.33. The molecule has 0 amide bonds. The fourth-order valence-corrected chi connectivity index (χ4v) is 3.91. The minimum atomic E-state index is -0.557. The van der Waals surface area contributed by atoms with E-state index in [1.165, 1.54) is 6.42 Å². The fourth-order valence-electron chi connectivity index (χ4n) is 3.91. The number of β-amino-alcohol motifs (C(OH)–C–C–N with tert-alkyl or cyclic N) is 1. The zero-order valence-corrected chi connectivity index (χ0v) is 17.0. The van der Waals surface area contributed by atoms with Crippen LogP contribution in [0.15, 0.2) is 24.3 Å². The Balaban J connectivity index is 1.93. The average molecular weight is 366 g/mol. The highest BCUT2D eigenvalue weighted by atomic mass is 16.5. The number of ether oxygens (including phenoxy) is 3. The first kappa shape index (κ1) is 21.0. The zero-order chi connectivity index (χ0) is 19.2. The van der Waals surface area contributed by atoms with Crippen molar-refractivity contribution in [3.05, 3.63) is 24.3 Å². The summed E-state index contributed by atoms with van der Waals surface area (Å²) in [5, 5.41) is 10.6. The van der Waals surface area contributed by atoms with E-state index >= 15 is 0 Å². The van der Waals surface area contributed by atoms with E-state index in [0.29, 0.717) is 31.3 Å². The number of para-hydroxylation sites is 2. The van der Waals surface area contributed by atoms with Crippen molar-refractivity contribution in [2.24, 2.45) is 0 Å². The van der Waals surface area contributed by atoms with Crippen molar-refractivity contribution in [1.82, 2.24) is 4.90 Å². The monoisotopic (exact) mass is 365 g/mol. The summed E-state index contributed by atoms with van der Waals surface area (Å²) in [6.45, 7) is 10.9. The van der Waals surface area contributed by atoms with Crippen molar-refractivity contribution < 1.29 is 19.3 Å². The highest BCUT2D eigenvalue weighted by Gasteiger charge is 2.41. The van der Waals surface area contributed by atoms with Crippen molar-refractivity contribution >= 4 is 0 Å². The van der Waals surface area contributed by atoms with Crippen LogP contribution in [-0.4, -0.2) is 60.7 Å². The molecule has 1 heterocycles. The molecule has 0 aromatic heterocycles. The maximum atomic E-state index is 10.6. The van der Waals surface area contributed by atoms with Gasteiger partial charge in [-0.15, -0.1) is 0 Å². The van der Waals surface area contributed by atoms with Crippen molar-refractivity contribution in [3.8, 4) is 11.5 Å². The van der Waals surface area contributed by atoms with Gasteiger partial charge in [-0.3, -0.25) is 4.90 Å². The van der Waals surface area contributed by atoms with Crippen LogP contribution in [0.2, 0.25) is 0 Å². The number of likely N-dealkylation sites (tertiary alicyclic amines) is 1. The molecule has 1 N–H and O–H groups in total. The van der Waals surface area contributed by atoms with Crippen molar-refractivity contribution in [2.45, 2.75) is 64.1 Å². The summed E-state index contributed by atoms with van der Waals surface area (Å²) in [5.41, 5.74) is 0.174. The minimum Gasteiger partial charge on any atom is -0.487 e. The molecule has 1 fully saturated rings. The summed E-state index contributed by atoms with van der Waals surface area (Å²) in [6.07, 6.45) is 2.98. The van der Waals surface area contributed by atoms with E-state index in [1.54, 1.807) is 7.11 Å². The molecule has 5 nitrogen and oxygen atoms in total. The van der Waals surface area contributed by atoms with Gasteiger partial charge in [0, 0.05) is 24.7 Å². The molecule has 1 unspecified atom stereocenters. The number of aliphatic hydroxyl groups excluding tert-OH is 1. The lowest BCUT2D eigenvalue weighted by Crippen LogP contribution is -2.60. The molecule has 1 aromatic rings. The number of nitrogens with zero attached hydrogens (tertiary/aromatic N) is 1. The highest BCUT2D eigenvalue weighted by molar-refractivity contribution is 5.39. The smallest absolute Gasteiger partial charge is 0.161 e. The van der Waals surface area contributed by atoms with Gasteiger partial charge in [0.2, 0.25) is 0 Å².